The van der Waals surface area contributed by atoms with Gasteiger partial charge in [0.25, 0.3) is 0 Å². The number of nitrogens with one attached hydrogen (secondary N) is 2. The molecule has 1 aromatic heterocycles. The Balaban J connectivity index is 1.58. The van der Waals surface area contributed by atoms with Gasteiger partial charge in [-0.25, -0.2) is 4.79 Å². The summed E-state index contributed by atoms with van der Waals surface area (Å²) in [5, 5.41) is 5.53. The van der Waals surface area contributed by atoms with Crippen molar-refractivity contribution < 1.29 is 14.3 Å². The summed E-state index contributed by atoms with van der Waals surface area (Å²) in [5.41, 5.74) is 0.670. The van der Waals surface area contributed by atoms with Gasteiger partial charge in [-0.1, -0.05) is 0 Å². The van der Waals surface area contributed by atoms with Gasteiger partial charge in [-0.15, -0.1) is 0 Å². The molecule has 1 aliphatic heterocycles. The van der Waals surface area contributed by atoms with E-state index in [0.717, 1.165) is 31.7 Å². The Hall–Kier alpha value is -3.10. The fourth-order valence-electron chi connectivity index (χ4n) is 2.93. The molecule has 1 saturated heterocycles. The fourth-order valence-corrected chi connectivity index (χ4v) is 2.93. The monoisotopic (exact) mass is 386 g/mol. The summed E-state index contributed by atoms with van der Waals surface area (Å²) in [6.45, 7) is 4.52. The van der Waals surface area contributed by atoms with Gasteiger partial charge in [0.1, 0.15) is 5.75 Å². The van der Waals surface area contributed by atoms with Crippen LogP contribution < -0.4 is 25.0 Å². The van der Waals surface area contributed by atoms with E-state index in [1.165, 1.54) is 13.5 Å². The minimum absolute atomic E-state index is 0.169. The molecule has 1 fully saturated rings. The molecule has 0 bridgehead atoms. The highest BCUT2D eigenvalue weighted by atomic mass is 16.5. The van der Waals surface area contributed by atoms with Crippen molar-refractivity contribution in [2.24, 2.45) is 0 Å². The number of rotatable bonds is 7. The largest absolute Gasteiger partial charge is 0.494 e. The number of amides is 2. The first-order chi connectivity index (χ1) is 13.7. The van der Waals surface area contributed by atoms with Crippen molar-refractivity contribution in [2.45, 2.75) is 32.7 Å². The van der Waals surface area contributed by atoms with Crippen LogP contribution in [0.15, 0.2) is 24.3 Å². The van der Waals surface area contributed by atoms with E-state index in [1.54, 1.807) is 24.3 Å². The highest BCUT2D eigenvalue weighted by Gasteiger charge is 2.16. The molecule has 2 heterocycles. The Morgan fingerprint density at radius 3 is 2.54 bits per heavy atom. The molecule has 28 heavy (non-hydrogen) atoms. The van der Waals surface area contributed by atoms with Gasteiger partial charge in [0.2, 0.25) is 5.95 Å². The van der Waals surface area contributed by atoms with Crippen LogP contribution in [0.25, 0.3) is 0 Å². The molecule has 9 nitrogen and oxygen atoms in total. The third-order valence-corrected chi connectivity index (χ3v) is 4.30. The summed E-state index contributed by atoms with van der Waals surface area (Å²) < 4.78 is 10.6. The number of carbonyl (C=O) groups excluding carboxylic acids is 1. The van der Waals surface area contributed by atoms with Gasteiger partial charge in [-0.2, -0.15) is 15.0 Å². The summed E-state index contributed by atoms with van der Waals surface area (Å²) in [5.74, 6) is 1.81. The maximum atomic E-state index is 12.2. The zero-order valence-electron chi connectivity index (χ0n) is 16.3. The number of anilines is 2. The van der Waals surface area contributed by atoms with Crippen molar-refractivity contribution in [3.63, 3.8) is 0 Å². The minimum Gasteiger partial charge on any atom is -0.494 e. The Morgan fingerprint density at radius 1 is 1.11 bits per heavy atom. The Kier molecular flexibility index (Phi) is 6.83. The van der Waals surface area contributed by atoms with Crippen LogP contribution >= 0.6 is 0 Å². The number of nitrogens with zero attached hydrogens (tertiary/aromatic N) is 4. The maximum Gasteiger partial charge on any atom is 0.321 e. The van der Waals surface area contributed by atoms with Crippen LogP contribution in [0.3, 0.4) is 0 Å². The molecule has 9 heteroatoms. The highest BCUT2D eigenvalue weighted by Crippen LogP contribution is 2.18. The van der Waals surface area contributed by atoms with E-state index in [-0.39, 0.29) is 18.6 Å². The molecule has 0 atom stereocenters. The number of urea groups is 1. The van der Waals surface area contributed by atoms with Crippen LogP contribution in [0.1, 0.15) is 32.0 Å². The standard InChI is InChI=1S/C19H26N6O3/c1-3-28-15-9-7-14(8-10-15)21-18(26)20-13-16-22-17(24-19(23-16)27-2)25-11-5-4-6-12-25/h7-10H,3-6,11-13H2,1-2H3,(H2,20,21,26). The van der Waals surface area contributed by atoms with E-state index in [0.29, 0.717) is 24.1 Å². The number of benzene rings is 1. The summed E-state index contributed by atoms with van der Waals surface area (Å²) in [6.07, 6.45) is 3.46. The SMILES string of the molecule is CCOc1ccc(NC(=O)NCc2nc(OC)nc(N3CCCCC3)n2)cc1. The van der Waals surface area contributed by atoms with Crippen molar-refractivity contribution in [1.82, 2.24) is 20.3 Å². The molecule has 0 radical (unpaired) electrons. The Morgan fingerprint density at radius 2 is 1.86 bits per heavy atom. The molecule has 0 unspecified atom stereocenters. The average Bonchev–Trinajstić information content (AvgIpc) is 2.74. The van der Waals surface area contributed by atoms with E-state index in [2.05, 4.69) is 30.5 Å². The first-order valence-electron chi connectivity index (χ1n) is 9.49. The van der Waals surface area contributed by atoms with E-state index in [1.807, 2.05) is 6.92 Å². The van der Waals surface area contributed by atoms with E-state index >= 15 is 0 Å². The van der Waals surface area contributed by atoms with Gasteiger partial charge in [-0.3, -0.25) is 0 Å². The number of ether oxygens (including phenoxy) is 2. The van der Waals surface area contributed by atoms with Crippen LogP contribution in [-0.4, -0.2) is 47.8 Å². The number of hydrogen-bond donors (Lipinski definition) is 2. The molecule has 2 amide bonds. The van der Waals surface area contributed by atoms with Crippen LogP contribution in [0, 0.1) is 0 Å². The lowest BCUT2D eigenvalue weighted by Gasteiger charge is -2.26. The smallest absolute Gasteiger partial charge is 0.321 e. The van der Waals surface area contributed by atoms with Crippen molar-refractivity contribution >= 4 is 17.7 Å². The van der Waals surface area contributed by atoms with Crippen LogP contribution in [0.5, 0.6) is 11.8 Å². The van der Waals surface area contributed by atoms with Crippen molar-refractivity contribution in [3.05, 3.63) is 30.1 Å². The Labute approximate surface area is 164 Å². The lowest BCUT2D eigenvalue weighted by Crippen LogP contribution is -2.32. The zero-order chi connectivity index (χ0) is 19.8. The van der Waals surface area contributed by atoms with Crippen molar-refractivity contribution in [3.8, 4) is 11.8 Å². The predicted molar refractivity (Wildman–Crippen MR) is 106 cm³/mol. The van der Waals surface area contributed by atoms with Crippen molar-refractivity contribution in [1.29, 1.82) is 0 Å². The molecular formula is C19H26N6O3. The van der Waals surface area contributed by atoms with E-state index in [4.69, 9.17) is 9.47 Å². The molecular weight excluding hydrogens is 360 g/mol. The normalized spacial score (nSPS) is 13.7. The molecule has 2 N–H and O–H groups in total. The first kappa shape index (κ1) is 19.7. The van der Waals surface area contributed by atoms with Gasteiger partial charge < -0.3 is 25.0 Å². The third kappa shape index (κ3) is 5.45. The number of aromatic nitrogens is 3. The van der Waals surface area contributed by atoms with E-state index < -0.39 is 0 Å². The summed E-state index contributed by atoms with van der Waals surface area (Å²) >= 11 is 0. The highest BCUT2D eigenvalue weighted by molar-refractivity contribution is 5.89. The van der Waals surface area contributed by atoms with Crippen LogP contribution in [-0.2, 0) is 6.54 Å². The molecule has 0 aliphatic carbocycles. The van der Waals surface area contributed by atoms with Crippen molar-refractivity contribution in [2.75, 3.05) is 37.0 Å². The van der Waals surface area contributed by atoms with Gasteiger partial charge in [-0.05, 0) is 50.5 Å². The first-order valence-corrected chi connectivity index (χ1v) is 9.49. The summed E-state index contributed by atoms with van der Waals surface area (Å²) in [7, 11) is 1.52. The number of hydrogen-bond acceptors (Lipinski definition) is 7. The lowest BCUT2D eigenvalue weighted by molar-refractivity contribution is 0.251. The van der Waals surface area contributed by atoms with Gasteiger partial charge >= 0.3 is 12.0 Å². The number of methoxy groups -OCH3 is 1. The summed E-state index contributed by atoms with van der Waals surface area (Å²) in [4.78, 5) is 27.3. The van der Waals surface area contributed by atoms with E-state index in [9.17, 15) is 4.79 Å². The minimum atomic E-state index is -0.344. The Bertz CT molecular complexity index is 778. The average molecular weight is 386 g/mol. The molecule has 0 saturated carbocycles. The molecule has 0 spiro atoms. The molecule has 1 aromatic carbocycles. The third-order valence-electron chi connectivity index (χ3n) is 4.30. The second-order valence-corrected chi connectivity index (χ2v) is 6.35. The summed E-state index contributed by atoms with van der Waals surface area (Å²) in [6, 6.07) is 7.08. The second-order valence-electron chi connectivity index (χ2n) is 6.35. The predicted octanol–water partition coefficient (Wildman–Crippen LogP) is 2.59. The topological polar surface area (TPSA) is 102 Å². The van der Waals surface area contributed by atoms with Crippen LogP contribution in [0.4, 0.5) is 16.4 Å². The maximum absolute atomic E-state index is 12.2. The lowest BCUT2D eigenvalue weighted by atomic mass is 10.1. The molecule has 1 aliphatic rings. The molecule has 150 valence electrons. The molecule has 3 rings (SSSR count). The zero-order valence-corrected chi connectivity index (χ0v) is 16.3. The second kappa shape index (κ2) is 9.72. The molecule has 2 aromatic rings. The quantitative estimate of drug-likeness (QED) is 0.754. The number of piperidine rings is 1. The number of carbonyl (C=O) groups is 1. The van der Waals surface area contributed by atoms with Gasteiger partial charge in [0, 0.05) is 18.8 Å². The fraction of sp³-hybridized carbons (Fsp3) is 0.474. The van der Waals surface area contributed by atoms with Gasteiger partial charge in [0.05, 0.1) is 20.3 Å². The van der Waals surface area contributed by atoms with Crippen LogP contribution in [0.2, 0.25) is 0 Å². The van der Waals surface area contributed by atoms with Gasteiger partial charge in [0.15, 0.2) is 5.82 Å².